The minimum atomic E-state index is -0.765. The van der Waals surface area contributed by atoms with Crippen molar-refractivity contribution in [3.05, 3.63) is 12.8 Å². The van der Waals surface area contributed by atoms with Crippen molar-refractivity contribution in [2.75, 3.05) is 46.8 Å². The first-order valence-corrected chi connectivity index (χ1v) is 7.47. The van der Waals surface area contributed by atoms with Gasteiger partial charge in [0.2, 0.25) is 0 Å². The largest absolute Gasteiger partial charge is 0.493 e. The summed E-state index contributed by atoms with van der Waals surface area (Å²) in [5.41, 5.74) is 0. The predicted octanol–water partition coefficient (Wildman–Crippen LogP) is -0.0486. The Morgan fingerprint density at radius 2 is 2.09 bits per heavy atom. The summed E-state index contributed by atoms with van der Waals surface area (Å²) in [4.78, 5) is 0. The van der Waals surface area contributed by atoms with Crippen LogP contribution in [0.4, 0.5) is 0 Å². The van der Waals surface area contributed by atoms with Gasteiger partial charge in [-0.05, 0) is 0 Å². The topological polar surface area (TPSA) is 86.6 Å². The fraction of sp³-hybridized carbons (Fsp3) is 0.867. The fourth-order valence-electron chi connectivity index (χ4n) is 1.98. The molecule has 0 amide bonds. The maximum Gasteiger partial charge on any atom is 0.150 e. The molecule has 5 unspecified atom stereocenters. The van der Waals surface area contributed by atoms with E-state index in [1.165, 1.54) is 6.26 Å². The lowest BCUT2D eigenvalue weighted by atomic mass is 10.0. The van der Waals surface area contributed by atoms with Crippen molar-refractivity contribution in [3.63, 3.8) is 0 Å². The van der Waals surface area contributed by atoms with Crippen LogP contribution in [0.25, 0.3) is 0 Å². The van der Waals surface area contributed by atoms with Crippen LogP contribution in [0, 0.1) is 5.92 Å². The van der Waals surface area contributed by atoms with Crippen LogP contribution < -0.4 is 0 Å². The summed E-state index contributed by atoms with van der Waals surface area (Å²) >= 11 is 0. The Balaban J connectivity index is 2.22. The molecule has 130 valence electrons. The van der Waals surface area contributed by atoms with E-state index in [1.807, 2.05) is 6.92 Å². The number of aliphatic hydroxyl groups excluding tert-OH is 2. The van der Waals surface area contributed by atoms with Gasteiger partial charge in [0.05, 0.1) is 39.3 Å². The summed E-state index contributed by atoms with van der Waals surface area (Å²) in [5.74, 6) is 0.0603. The van der Waals surface area contributed by atoms with Crippen LogP contribution in [-0.2, 0) is 23.7 Å². The number of hydrogen-bond donors (Lipinski definition) is 2. The second kappa shape index (κ2) is 10.9. The summed E-state index contributed by atoms with van der Waals surface area (Å²) in [7, 11) is 1.58. The standard InChI is InChI=1S/C15H28O7/c1-4-20-14-10-22-15(14)13(17)9-19-8-12(7-18-3)21-6-11(2)5-16/h4,11-17H,1,5-10H2,2-3H3. The molecule has 1 heterocycles. The molecule has 22 heavy (non-hydrogen) atoms. The number of rotatable bonds is 13. The Hall–Kier alpha value is -0.700. The van der Waals surface area contributed by atoms with E-state index < -0.39 is 12.2 Å². The molecule has 7 heteroatoms. The number of ether oxygens (including phenoxy) is 5. The zero-order valence-corrected chi connectivity index (χ0v) is 13.3. The predicted molar refractivity (Wildman–Crippen MR) is 79.5 cm³/mol. The summed E-state index contributed by atoms with van der Waals surface area (Å²) in [6.07, 6.45) is -0.229. The smallest absolute Gasteiger partial charge is 0.150 e. The van der Waals surface area contributed by atoms with Gasteiger partial charge < -0.3 is 33.9 Å². The van der Waals surface area contributed by atoms with Crippen molar-refractivity contribution in [3.8, 4) is 0 Å². The van der Waals surface area contributed by atoms with Gasteiger partial charge in [0.15, 0.2) is 0 Å². The van der Waals surface area contributed by atoms with Gasteiger partial charge in [-0.3, -0.25) is 0 Å². The lowest BCUT2D eigenvalue weighted by Gasteiger charge is -2.38. The monoisotopic (exact) mass is 320 g/mol. The van der Waals surface area contributed by atoms with Crippen molar-refractivity contribution < 1.29 is 33.9 Å². The van der Waals surface area contributed by atoms with Gasteiger partial charge in [0.25, 0.3) is 0 Å². The Morgan fingerprint density at radius 1 is 1.32 bits per heavy atom. The van der Waals surface area contributed by atoms with Crippen molar-refractivity contribution in [2.24, 2.45) is 5.92 Å². The second-order valence-electron chi connectivity index (χ2n) is 5.44. The molecule has 2 N–H and O–H groups in total. The van der Waals surface area contributed by atoms with Gasteiger partial charge in [-0.15, -0.1) is 0 Å². The lowest BCUT2D eigenvalue weighted by molar-refractivity contribution is -0.214. The van der Waals surface area contributed by atoms with Gasteiger partial charge in [-0.2, -0.15) is 0 Å². The first kappa shape index (κ1) is 19.3. The number of aliphatic hydroxyl groups is 2. The van der Waals surface area contributed by atoms with Crippen LogP contribution in [0.5, 0.6) is 0 Å². The normalized spacial score (nSPS) is 25.1. The van der Waals surface area contributed by atoms with Gasteiger partial charge in [0, 0.05) is 19.6 Å². The average molecular weight is 320 g/mol. The highest BCUT2D eigenvalue weighted by Gasteiger charge is 2.39. The van der Waals surface area contributed by atoms with Crippen molar-refractivity contribution >= 4 is 0 Å². The Labute approximate surface area is 131 Å². The van der Waals surface area contributed by atoms with E-state index in [9.17, 15) is 5.11 Å². The summed E-state index contributed by atoms with van der Waals surface area (Å²) in [6.45, 7) is 7.13. The Bertz CT molecular complexity index is 300. The number of methoxy groups -OCH3 is 1. The van der Waals surface area contributed by atoms with E-state index >= 15 is 0 Å². The molecule has 0 aromatic rings. The molecule has 0 saturated carbocycles. The van der Waals surface area contributed by atoms with E-state index in [1.54, 1.807) is 7.11 Å². The highest BCUT2D eigenvalue weighted by Crippen LogP contribution is 2.20. The molecular formula is C15H28O7. The van der Waals surface area contributed by atoms with Crippen molar-refractivity contribution in [2.45, 2.75) is 31.3 Å². The van der Waals surface area contributed by atoms with Crippen LogP contribution in [0.3, 0.4) is 0 Å². The zero-order chi connectivity index (χ0) is 16.4. The molecule has 0 aromatic carbocycles. The molecule has 7 nitrogen and oxygen atoms in total. The van der Waals surface area contributed by atoms with E-state index in [0.29, 0.717) is 26.4 Å². The Kier molecular flexibility index (Phi) is 9.61. The first-order valence-electron chi connectivity index (χ1n) is 7.47. The highest BCUT2D eigenvalue weighted by molar-refractivity contribution is 4.87. The summed E-state index contributed by atoms with van der Waals surface area (Å²) in [6, 6.07) is 0. The molecule has 0 aromatic heterocycles. The quantitative estimate of drug-likeness (QED) is 0.460. The van der Waals surface area contributed by atoms with Gasteiger partial charge in [-0.25, -0.2) is 0 Å². The minimum absolute atomic E-state index is 0.0603. The number of hydrogen-bond acceptors (Lipinski definition) is 7. The molecule has 1 aliphatic rings. The average Bonchev–Trinajstić information content (AvgIpc) is 2.48. The van der Waals surface area contributed by atoms with E-state index in [0.717, 1.165) is 0 Å². The summed E-state index contributed by atoms with van der Waals surface area (Å²) in [5, 5.41) is 19.0. The Morgan fingerprint density at radius 3 is 2.64 bits per heavy atom. The molecule has 0 spiro atoms. The van der Waals surface area contributed by atoms with Crippen molar-refractivity contribution in [1.29, 1.82) is 0 Å². The molecular weight excluding hydrogens is 292 g/mol. The molecule has 0 bridgehead atoms. The van der Waals surface area contributed by atoms with Crippen LogP contribution in [0.2, 0.25) is 0 Å². The maximum absolute atomic E-state index is 10.00. The van der Waals surface area contributed by atoms with Gasteiger partial charge in [0.1, 0.15) is 24.4 Å². The molecule has 0 radical (unpaired) electrons. The van der Waals surface area contributed by atoms with E-state index in [2.05, 4.69) is 6.58 Å². The van der Waals surface area contributed by atoms with E-state index in [-0.39, 0.29) is 31.3 Å². The third-order valence-electron chi connectivity index (χ3n) is 3.34. The molecule has 1 fully saturated rings. The van der Waals surface area contributed by atoms with Crippen LogP contribution >= 0.6 is 0 Å². The molecule has 1 saturated heterocycles. The zero-order valence-electron chi connectivity index (χ0n) is 13.3. The minimum Gasteiger partial charge on any atom is -0.493 e. The van der Waals surface area contributed by atoms with Crippen LogP contribution in [0.15, 0.2) is 12.8 Å². The molecule has 1 rings (SSSR count). The highest BCUT2D eigenvalue weighted by atomic mass is 16.6. The third-order valence-corrected chi connectivity index (χ3v) is 3.34. The lowest BCUT2D eigenvalue weighted by Crippen LogP contribution is -2.54. The first-order chi connectivity index (χ1) is 10.6. The van der Waals surface area contributed by atoms with Crippen LogP contribution in [0.1, 0.15) is 6.92 Å². The third kappa shape index (κ3) is 6.60. The van der Waals surface area contributed by atoms with Gasteiger partial charge in [-0.1, -0.05) is 13.5 Å². The summed E-state index contributed by atoms with van der Waals surface area (Å²) < 4.78 is 26.6. The van der Waals surface area contributed by atoms with E-state index in [4.69, 9.17) is 28.8 Å². The maximum atomic E-state index is 10.00. The SMILES string of the molecule is C=COC1COC1C(O)COCC(COC)OCC(C)CO. The van der Waals surface area contributed by atoms with Crippen LogP contribution in [-0.4, -0.2) is 81.4 Å². The van der Waals surface area contributed by atoms with Gasteiger partial charge >= 0.3 is 0 Å². The van der Waals surface area contributed by atoms with Crippen molar-refractivity contribution in [1.82, 2.24) is 0 Å². The molecule has 0 aliphatic carbocycles. The molecule has 5 atom stereocenters. The fourth-order valence-corrected chi connectivity index (χ4v) is 1.98. The molecule has 1 aliphatic heterocycles. The second-order valence-corrected chi connectivity index (χ2v) is 5.44.